The number of hydrogen-bond acceptors (Lipinski definition) is 4. The molecule has 1 atom stereocenters. The van der Waals surface area contributed by atoms with Crippen molar-refractivity contribution in [3.63, 3.8) is 0 Å². The van der Waals surface area contributed by atoms with Gasteiger partial charge in [0.15, 0.2) is 0 Å². The topological polar surface area (TPSA) is 103 Å². The third-order valence-corrected chi connectivity index (χ3v) is 3.42. The second kappa shape index (κ2) is 8.62. The van der Waals surface area contributed by atoms with Gasteiger partial charge in [0.1, 0.15) is 23.5 Å². The van der Waals surface area contributed by atoms with Gasteiger partial charge in [-0.2, -0.15) is 5.26 Å². The van der Waals surface area contributed by atoms with E-state index in [1.807, 2.05) is 5.32 Å². The third kappa shape index (κ3) is 5.77. The van der Waals surface area contributed by atoms with Crippen LogP contribution in [-0.2, 0) is 10.3 Å². The van der Waals surface area contributed by atoms with E-state index in [-0.39, 0.29) is 0 Å². The van der Waals surface area contributed by atoms with Gasteiger partial charge in [0, 0.05) is 5.56 Å². The van der Waals surface area contributed by atoms with Crippen LogP contribution in [0.3, 0.4) is 0 Å². The molecule has 148 valence electrons. The lowest BCUT2D eigenvalue weighted by Gasteiger charge is -2.37. The highest BCUT2D eigenvalue weighted by Gasteiger charge is 2.48. The molecule has 1 aromatic carbocycles. The quantitative estimate of drug-likeness (QED) is 0.729. The number of nitrogens with one attached hydrogen (secondary N) is 1. The minimum absolute atomic E-state index is 0.357. The second-order valence-corrected chi connectivity index (χ2v) is 6.68. The Morgan fingerprint density at radius 2 is 1.93 bits per heavy atom. The van der Waals surface area contributed by atoms with Crippen molar-refractivity contribution in [2.24, 2.45) is 0 Å². The number of nitrogens with zero attached hydrogens (tertiary/aromatic N) is 2. The van der Waals surface area contributed by atoms with E-state index in [4.69, 9.17) is 10.00 Å². The number of carbonyl (C=O) groups excluding carboxylic acids is 1. The third-order valence-electron chi connectivity index (χ3n) is 3.42. The summed E-state index contributed by atoms with van der Waals surface area (Å²) in [5, 5.41) is 19.9. The minimum atomic E-state index is -3.41. The number of rotatable bonds is 6. The number of alkyl halides is 2. The number of alkyl carbamates (subject to hydrolysis) is 1. The largest absolute Gasteiger partial charge is 0.465 e. The van der Waals surface area contributed by atoms with Crippen LogP contribution in [0.15, 0.2) is 24.3 Å². The zero-order valence-electron chi connectivity index (χ0n) is 15.0. The van der Waals surface area contributed by atoms with E-state index in [0.717, 1.165) is 12.1 Å². The molecule has 27 heavy (non-hydrogen) atoms. The fourth-order valence-corrected chi connectivity index (χ4v) is 2.32. The number of halogens is 3. The summed E-state index contributed by atoms with van der Waals surface area (Å²) in [5.41, 5.74) is -4.43. The molecule has 0 radical (unpaired) electrons. The van der Waals surface area contributed by atoms with Crippen molar-refractivity contribution in [2.45, 2.75) is 38.3 Å². The predicted molar refractivity (Wildman–Crippen MR) is 88.7 cm³/mol. The lowest BCUT2D eigenvalue weighted by atomic mass is 9.89. The van der Waals surface area contributed by atoms with Gasteiger partial charge < -0.3 is 15.2 Å². The van der Waals surface area contributed by atoms with E-state index in [2.05, 4.69) is 0 Å². The van der Waals surface area contributed by atoms with Crippen molar-refractivity contribution < 1.29 is 32.6 Å². The molecule has 7 nitrogen and oxygen atoms in total. The summed E-state index contributed by atoms with van der Waals surface area (Å²) in [6.45, 7) is 2.68. The molecule has 1 aromatic rings. The Labute approximate surface area is 154 Å². The lowest BCUT2D eigenvalue weighted by Crippen LogP contribution is -2.59. The molecule has 0 spiro atoms. The Bertz CT molecular complexity index is 731. The second-order valence-electron chi connectivity index (χ2n) is 6.68. The van der Waals surface area contributed by atoms with Crippen LogP contribution in [-0.4, -0.2) is 47.3 Å². The van der Waals surface area contributed by atoms with Crippen LogP contribution in [0.4, 0.5) is 22.8 Å². The van der Waals surface area contributed by atoms with Gasteiger partial charge in [0.25, 0.3) is 6.43 Å². The van der Waals surface area contributed by atoms with Crippen molar-refractivity contribution in [1.82, 2.24) is 10.2 Å². The summed E-state index contributed by atoms with van der Waals surface area (Å²) in [4.78, 5) is 23.8. The highest BCUT2D eigenvalue weighted by molar-refractivity contribution is 5.70. The molecular weight excluding hydrogens is 367 g/mol. The fraction of sp³-hybridized carbons (Fsp3) is 0.471. The number of carbonyl (C=O) groups is 2. The van der Waals surface area contributed by atoms with Gasteiger partial charge in [-0.25, -0.2) is 22.8 Å². The van der Waals surface area contributed by atoms with Crippen molar-refractivity contribution in [2.75, 3.05) is 13.1 Å². The van der Waals surface area contributed by atoms with E-state index in [0.29, 0.717) is 4.90 Å². The van der Waals surface area contributed by atoms with Gasteiger partial charge in [-0.3, -0.25) is 4.90 Å². The van der Waals surface area contributed by atoms with Crippen molar-refractivity contribution >= 4 is 12.2 Å². The Kier molecular flexibility index (Phi) is 7.05. The van der Waals surface area contributed by atoms with Crippen LogP contribution in [0.5, 0.6) is 0 Å². The van der Waals surface area contributed by atoms with Crippen molar-refractivity contribution in [3.05, 3.63) is 35.6 Å². The molecule has 0 aliphatic heterocycles. The average Bonchev–Trinajstić information content (AvgIpc) is 2.51. The molecule has 0 bridgehead atoms. The summed E-state index contributed by atoms with van der Waals surface area (Å²) >= 11 is 0. The Morgan fingerprint density at radius 3 is 2.37 bits per heavy atom. The molecule has 0 aromatic heterocycles. The molecular formula is C17H20F3N3O4. The van der Waals surface area contributed by atoms with E-state index in [9.17, 15) is 27.9 Å². The van der Waals surface area contributed by atoms with Gasteiger partial charge >= 0.3 is 12.2 Å². The van der Waals surface area contributed by atoms with Crippen LogP contribution in [0.2, 0.25) is 0 Å². The first-order chi connectivity index (χ1) is 12.4. The van der Waals surface area contributed by atoms with Gasteiger partial charge in [0.05, 0.1) is 12.6 Å². The summed E-state index contributed by atoms with van der Waals surface area (Å²) < 4.78 is 47.6. The van der Waals surface area contributed by atoms with Crippen molar-refractivity contribution in [1.29, 1.82) is 5.26 Å². The average molecular weight is 387 g/mol. The zero-order valence-corrected chi connectivity index (χ0v) is 15.0. The molecule has 0 aliphatic carbocycles. The monoisotopic (exact) mass is 387 g/mol. The van der Waals surface area contributed by atoms with Gasteiger partial charge in [-0.1, -0.05) is 18.2 Å². The van der Waals surface area contributed by atoms with Gasteiger partial charge in [0.2, 0.25) is 0 Å². The molecule has 2 N–H and O–H groups in total. The highest BCUT2D eigenvalue weighted by Crippen LogP contribution is 2.32. The van der Waals surface area contributed by atoms with Gasteiger partial charge in [-0.05, 0) is 26.8 Å². The number of amides is 2. The first-order valence-corrected chi connectivity index (χ1v) is 7.82. The molecule has 0 saturated carbocycles. The smallest absolute Gasteiger partial charge is 0.408 e. The number of benzene rings is 1. The Balaban J connectivity index is 3.47. The maximum atomic E-state index is 14.3. The molecule has 0 aliphatic rings. The van der Waals surface area contributed by atoms with Crippen LogP contribution in [0, 0.1) is 17.1 Å². The van der Waals surface area contributed by atoms with Crippen LogP contribution in [0.1, 0.15) is 26.3 Å². The molecule has 1 rings (SSSR count). The number of hydrogen-bond donors (Lipinski definition) is 2. The Morgan fingerprint density at radius 1 is 1.33 bits per heavy atom. The lowest BCUT2D eigenvalue weighted by molar-refractivity contribution is -0.00919. The maximum Gasteiger partial charge on any atom is 0.408 e. The summed E-state index contributed by atoms with van der Waals surface area (Å²) in [7, 11) is 0. The maximum absolute atomic E-state index is 14.3. The zero-order chi connectivity index (χ0) is 20.8. The first-order valence-electron chi connectivity index (χ1n) is 7.82. The summed E-state index contributed by atoms with van der Waals surface area (Å²) in [5.74, 6) is -1.07. The molecule has 0 fully saturated rings. The van der Waals surface area contributed by atoms with Gasteiger partial charge in [-0.15, -0.1) is 0 Å². The number of ether oxygens (including phenoxy) is 1. The first kappa shape index (κ1) is 22.1. The van der Waals surface area contributed by atoms with E-state index < -0.39 is 54.2 Å². The van der Waals surface area contributed by atoms with Crippen molar-refractivity contribution in [3.8, 4) is 6.07 Å². The Hall–Kier alpha value is -2.96. The minimum Gasteiger partial charge on any atom is -0.465 e. The predicted octanol–water partition coefficient (Wildman–Crippen LogP) is 3.31. The van der Waals surface area contributed by atoms with Crippen LogP contribution in [0.25, 0.3) is 0 Å². The molecule has 10 heteroatoms. The SMILES string of the molecule is CC(C)(C)OC(=O)NC(CN(CC#N)C(=O)O)(c1ccccc1F)C(F)F. The normalized spacial score (nSPS) is 13.4. The molecule has 0 saturated heterocycles. The highest BCUT2D eigenvalue weighted by atomic mass is 19.3. The van der Waals surface area contributed by atoms with Crippen LogP contribution >= 0.6 is 0 Å². The summed E-state index contributed by atoms with van der Waals surface area (Å²) in [6.07, 6.45) is -6.38. The van der Waals surface area contributed by atoms with E-state index >= 15 is 0 Å². The molecule has 2 amide bonds. The van der Waals surface area contributed by atoms with E-state index in [1.54, 1.807) is 0 Å². The molecule has 0 heterocycles. The summed E-state index contributed by atoms with van der Waals surface area (Å²) in [6, 6.07) is 5.96. The fourth-order valence-electron chi connectivity index (χ4n) is 2.32. The number of carboxylic acid groups (broad SMARTS) is 1. The molecule has 1 unspecified atom stereocenters. The number of nitriles is 1. The van der Waals surface area contributed by atoms with Crippen LogP contribution < -0.4 is 5.32 Å². The standard InChI is InChI=1S/C17H20F3N3O4/c1-16(2,3)27-14(24)22-17(13(19)20,10-23(9-8-21)15(25)26)11-6-4-5-7-12(11)18/h4-7,13H,9-10H2,1-3H3,(H,22,24)(H,25,26). The van der Waals surface area contributed by atoms with E-state index in [1.165, 1.54) is 39.0 Å².